The summed E-state index contributed by atoms with van der Waals surface area (Å²) < 4.78 is 0. The van der Waals surface area contributed by atoms with Crippen molar-refractivity contribution in [2.75, 3.05) is 6.61 Å². The highest BCUT2D eigenvalue weighted by atomic mass is 16.3. The average Bonchev–Trinajstić information content (AvgIpc) is 2.30. The molecule has 2 fully saturated rings. The van der Waals surface area contributed by atoms with Crippen LogP contribution >= 0.6 is 0 Å². The maximum atomic E-state index is 10.1. The molecule has 2 saturated carbocycles. The van der Waals surface area contributed by atoms with E-state index in [0.717, 1.165) is 5.92 Å². The molecule has 106 valence electrons. The Morgan fingerprint density at radius 3 is 1.61 bits per heavy atom. The monoisotopic (exact) mass is 252 g/mol. The smallest absolute Gasteiger partial charge is 0.0490 e. The summed E-state index contributed by atoms with van der Waals surface area (Å²) in [6, 6.07) is 0. The van der Waals surface area contributed by atoms with Gasteiger partial charge in [0.15, 0.2) is 0 Å². The van der Waals surface area contributed by atoms with E-state index in [1.54, 1.807) is 0 Å². The highest BCUT2D eigenvalue weighted by Crippen LogP contribution is 2.45. The second kappa shape index (κ2) is 7.53. The van der Waals surface area contributed by atoms with E-state index in [1.165, 1.54) is 89.9 Å². The van der Waals surface area contributed by atoms with Gasteiger partial charge in [0.2, 0.25) is 0 Å². The van der Waals surface area contributed by atoms with Crippen LogP contribution in [0.5, 0.6) is 0 Å². The molecule has 0 spiro atoms. The topological polar surface area (TPSA) is 20.2 Å². The first-order valence-electron chi connectivity index (χ1n) is 8.48. The van der Waals surface area contributed by atoms with Crippen molar-refractivity contribution in [2.45, 2.75) is 89.9 Å². The van der Waals surface area contributed by atoms with E-state index in [-0.39, 0.29) is 0 Å². The fourth-order valence-corrected chi connectivity index (χ4v) is 4.37. The van der Waals surface area contributed by atoms with Crippen molar-refractivity contribution < 1.29 is 5.11 Å². The average molecular weight is 252 g/mol. The summed E-state index contributed by atoms with van der Waals surface area (Å²) in [6.07, 6.45) is 19.4. The van der Waals surface area contributed by atoms with Crippen LogP contribution in [0.2, 0.25) is 0 Å². The SMILES string of the molecule is OCC1(C2CCCCCCC2)CCCCCCC1. The minimum absolute atomic E-state index is 0.303. The highest BCUT2D eigenvalue weighted by molar-refractivity contribution is 4.87. The molecule has 0 atom stereocenters. The summed E-state index contributed by atoms with van der Waals surface area (Å²) in [7, 11) is 0. The third-order valence-corrected chi connectivity index (χ3v) is 5.64. The number of aliphatic hydroxyl groups is 1. The van der Waals surface area contributed by atoms with Crippen LogP contribution in [0.25, 0.3) is 0 Å². The molecule has 0 amide bonds. The zero-order valence-electron chi connectivity index (χ0n) is 12.1. The van der Waals surface area contributed by atoms with E-state index in [0.29, 0.717) is 12.0 Å². The first kappa shape index (κ1) is 14.4. The number of aliphatic hydroxyl groups excluding tert-OH is 1. The molecule has 0 bridgehead atoms. The second-order valence-electron chi connectivity index (χ2n) is 6.83. The summed E-state index contributed by atoms with van der Waals surface area (Å²) in [5.74, 6) is 0.820. The predicted molar refractivity (Wildman–Crippen MR) is 77.6 cm³/mol. The van der Waals surface area contributed by atoms with E-state index >= 15 is 0 Å². The van der Waals surface area contributed by atoms with Crippen molar-refractivity contribution in [1.82, 2.24) is 0 Å². The van der Waals surface area contributed by atoms with E-state index in [9.17, 15) is 5.11 Å². The van der Waals surface area contributed by atoms with Gasteiger partial charge >= 0.3 is 0 Å². The molecule has 0 saturated heterocycles. The summed E-state index contributed by atoms with van der Waals surface area (Å²) in [5, 5.41) is 10.1. The Balaban J connectivity index is 2.01. The molecule has 0 aromatic heterocycles. The van der Waals surface area contributed by atoms with Crippen LogP contribution in [0.15, 0.2) is 0 Å². The lowest BCUT2D eigenvalue weighted by atomic mass is 9.64. The normalized spacial score (nSPS) is 27.8. The van der Waals surface area contributed by atoms with Crippen molar-refractivity contribution in [3.8, 4) is 0 Å². The van der Waals surface area contributed by atoms with Gasteiger partial charge in [-0.1, -0.05) is 64.2 Å². The fraction of sp³-hybridized carbons (Fsp3) is 1.00. The molecule has 0 aliphatic heterocycles. The number of hydrogen-bond acceptors (Lipinski definition) is 1. The second-order valence-corrected chi connectivity index (χ2v) is 6.83. The van der Waals surface area contributed by atoms with Gasteiger partial charge in [-0.2, -0.15) is 0 Å². The Morgan fingerprint density at radius 1 is 0.667 bits per heavy atom. The van der Waals surface area contributed by atoms with Gasteiger partial charge in [0.25, 0.3) is 0 Å². The third-order valence-electron chi connectivity index (χ3n) is 5.64. The minimum atomic E-state index is 0.303. The molecule has 0 radical (unpaired) electrons. The van der Waals surface area contributed by atoms with Crippen molar-refractivity contribution in [3.05, 3.63) is 0 Å². The Bertz CT molecular complexity index is 208. The quantitative estimate of drug-likeness (QED) is 0.727. The van der Waals surface area contributed by atoms with Crippen LogP contribution in [0.4, 0.5) is 0 Å². The maximum Gasteiger partial charge on any atom is 0.0490 e. The van der Waals surface area contributed by atoms with Gasteiger partial charge in [-0.3, -0.25) is 0 Å². The third kappa shape index (κ3) is 3.73. The fourth-order valence-electron chi connectivity index (χ4n) is 4.37. The molecule has 2 aliphatic rings. The standard InChI is InChI=1S/C17H32O/c18-15-17(13-9-5-2-6-10-14-17)16-11-7-3-1-4-8-12-16/h16,18H,1-15H2. The first-order valence-corrected chi connectivity index (χ1v) is 8.48. The highest BCUT2D eigenvalue weighted by Gasteiger charge is 2.37. The molecule has 0 aromatic carbocycles. The zero-order chi connectivity index (χ0) is 12.7. The van der Waals surface area contributed by atoms with Crippen LogP contribution < -0.4 is 0 Å². The van der Waals surface area contributed by atoms with Crippen LogP contribution in [-0.2, 0) is 0 Å². The molecular formula is C17H32O. The van der Waals surface area contributed by atoms with Gasteiger partial charge in [-0.25, -0.2) is 0 Å². The summed E-state index contributed by atoms with van der Waals surface area (Å²) in [6.45, 7) is 0.456. The molecule has 18 heavy (non-hydrogen) atoms. The Kier molecular flexibility index (Phi) is 6.01. The lowest BCUT2D eigenvalue weighted by molar-refractivity contribution is 0.0205. The maximum absolute atomic E-state index is 10.1. The van der Waals surface area contributed by atoms with Gasteiger partial charge < -0.3 is 5.11 Å². The van der Waals surface area contributed by atoms with Crippen LogP contribution in [0.1, 0.15) is 89.9 Å². The Hall–Kier alpha value is -0.0400. The lowest BCUT2D eigenvalue weighted by Gasteiger charge is -2.42. The molecule has 0 unspecified atom stereocenters. The van der Waals surface area contributed by atoms with Gasteiger partial charge in [-0.05, 0) is 37.0 Å². The number of hydrogen-bond donors (Lipinski definition) is 1. The van der Waals surface area contributed by atoms with Crippen molar-refractivity contribution in [1.29, 1.82) is 0 Å². The van der Waals surface area contributed by atoms with Crippen molar-refractivity contribution in [2.24, 2.45) is 11.3 Å². The molecule has 0 heterocycles. The molecule has 1 nitrogen and oxygen atoms in total. The number of rotatable bonds is 2. The summed E-state index contributed by atoms with van der Waals surface area (Å²) >= 11 is 0. The Labute approximate surface area is 113 Å². The predicted octanol–water partition coefficient (Wildman–Crippen LogP) is 5.07. The van der Waals surface area contributed by atoms with E-state index in [4.69, 9.17) is 0 Å². The summed E-state index contributed by atoms with van der Waals surface area (Å²) in [5.41, 5.74) is 0.303. The molecule has 2 aliphatic carbocycles. The van der Waals surface area contributed by atoms with Gasteiger partial charge in [-0.15, -0.1) is 0 Å². The van der Waals surface area contributed by atoms with Crippen molar-refractivity contribution >= 4 is 0 Å². The van der Waals surface area contributed by atoms with Gasteiger partial charge in [0.05, 0.1) is 0 Å². The lowest BCUT2D eigenvalue weighted by Crippen LogP contribution is -2.35. The first-order chi connectivity index (χ1) is 8.87. The zero-order valence-corrected chi connectivity index (χ0v) is 12.1. The molecule has 1 N–H and O–H groups in total. The Morgan fingerprint density at radius 2 is 1.11 bits per heavy atom. The largest absolute Gasteiger partial charge is 0.396 e. The molecule has 1 heteroatoms. The molecule has 2 rings (SSSR count). The van der Waals surface area contributed by atoms with Gasteiger partial charge in [0, 0.05) is 6.61 Å². The van der Waals surface area contributed by atoms with E-state index < -0.39 is 0 Å². The van der Waals surface area contributed by atoms with Crippen molar-refractivity contribution in [3.63, 3.8) is 0 Å². The molecular weight excluding hydrogens is 220 g/mol. The van der Waals surface area contributed by atoms with E-state index in [2.05, 4.69) is 0 Å². The molecule has 0 aromatic rings. The summed E-state index contributed by atoms with van der Waals surface area (Å²) in [4.78, 5) is 0. The van der Waals surface area contributed by atoms with Crippen LogP contribution in [-0.4, -0.2) is 11.7 Å². The van der Waals surface area contributed by atoms with E-state index in [1.807, 2.05) is 0 Å². The van der Waals surface area contributed by atoms with Gasteiger partial charge in [0.1, 0.15) is 0 Å². The van der Waals surface area contributed by atoms with Crippen LogP contribution in [0, 0.1) is 11.3 Å². The van der Waals surface area contributed by atoms with Crippen LogP contribution in [0.3, 0.4) is 0 Å². The minimum Gasteiger partial charge on any atom is -0.396 e.